The van der Waals surface area contributed by atoms with Crippen LogP contribution in [-0.4, -0.2) is 32.3 Å². The van der Waals surface area contributed by atoms with Crippen molar-refractivity contribution in [2.45, 2.75) is 103 Å². The lowest BCUT2D eigenvalue weighted by Gasteiger charge is -2.36. The summed E-state index contributed by atoms with van der Waals surface area (Å²) in [6.07, 6.45) is 0. The van der Waals surface area contributed by atoms with Crippen molar-refractivity contribution in [3.8, 4) is 22.3 Å². The fourth-order valence-corrected chi connectivity index (χ4v) is 25.3. The van der Waals surface area contributed by atoms with Gasteiger partial charge in [-0.1, -0.05) is 402 Å². The van der Waals surface area contributed by atoms with Crippen molar-refractivity contribution < 1.29 is 0 Å². The molecule has 0 heterocycles. The first-order chi connectivity index (χ1) is 63.8. The van der Waals surface area contributed by atoms with Gasteiger partial charge in [-0.05, 0) is 253 Å². The number of benzene rings is 19. The maximum atomic E-state index is 2.54. The number of fused-ring (bicyclic) bond motifs is 10. The van der Waals surface area contributed by atoms with E-state index in [-0.39, 0.29) is 0 Å². The average Bonchev–Trinajstić information content (AvgIpc) is 1.52. The Labute approximate surface area is 785 Å². The second-order valence-corrected chi connectivity index (χ2v) is 60.6. The standard InChI is InChI=1S/C63H56N2Si2.C61H58N2Si2/c1-66(2,3)57-35-29-51(30-36-57)64(53-27-25-45-17-13-15-19-47(45)41-53)55-33-39-59-60-40-34-56(44-62(60)63(61(59)43-55,49-21-9-7-10-22-49)50-23-11-8-12-24-50)65(52-31-37-58(38-32-52)67(4,5)6)54-28-26-46-18-14-16-20-48(46)42-54;1-43-26-28-48(29-27-43)63(49-32-37-53(38-33-49)65(6,7)8)59-42-58-60(55-25-16-15-24-54(55)59)56-39-34-51(41-57(56)61(58,45-19-11-9-12-20-45)46-21-13-10-14-22-46)62(50-23-17-18-44(2)40-50)47-30-35-52(36-31-47)64(3,4)5/h7-44H,1-6H3;9-42H,1-8H3. The van der Waals surface area contributed by atoms with Crippen molar-refractivity contribution in [2.75, 3.05) is 19.6 Å². The Balaban J connectivity index is 0.000000165. The molecule has 0 N–H and O–H groups in total. The van der Waals surface area contributed by atoms with Crippen LogP contribution in [0.2, 0.25) is 78.6 Å². The Hall–Kier alpha value is -14.0. The molecule has 21 rings (SSSR count). The Morgan fingerprint density at radius 1 is 0.182 bits per heavy atom. The summed E-state index contributed by atoms with van der Waals surface area (Å²) >= 11 is 0. The molecule has 0 radical (unpaired) electrons. The molecule has 0 bridgehead atoms. The molecule has 0 saturated carbocycles. The van der Waals surface area contributed by atoms with Crippen molar-refractivity contribution in [3.05, 3.63) is 492 Å². The molecule has 8 heteroatoms. The van der Waals surface area contributed by atoms with Crippen LogP contribution in [0.5, 0.6) is 0 Å². The molecule has 0 aliphatic heterocycles. The molecule has 0 unspecified atom stereocenters. The maximum absolute atomic E-state index is 2.54. The van der Waals surface area contributed by atoms with Crippen LogP contribution in [0.25, 0.3) is 54.6 Å². The first kappa shape index (κ1) is 86.1. The van der Waals surface area contributed by atoms with E-state index in [1.165, 1.54) is 131 Å². The summed E-state index contributed by atoms with van der Waals surface area (Å²) < 4.78 is 0. The molecule has 2 aliphatic carbocycles. The first-order valence-corrected chi connectivity index (χ1v) is 60.8. The quantitative estimate of drug-likeness (QED) is 0.0705. The molecule has 646 valence electrons. The predicted molar refractivity (Wildman–Crippen MR) is 580 cm³/mol. The second kappa shape index (κ2) is 34.4. The first-order valence-electron chi connectivity index (χ1n) is 46.8. The lowest BCUT2D eigenvalue weighted by atomic mass is 9.67. The molecule has 4 nitrogen and oxygen atoms in total. The molecule has 19 aromatic carbocycles. The average molecular weight is 1770 g/mol. The third-order valence-corrected chi connectivity index (χ3v) is 35.8. The minimum Gasteiger partial charge on any atom is -0.310 e. The zero-order valence-corrected chi connectivity index (χ0v) is 82.4. The van der Waals surface area contributed by atoms with Gasteiger partial charge in [0.25, 0.3) is 0 Å². The SMILES string of the molecule is C[Si](C)(C)c1ccc(N(c2ccc3c(c2)C(c2ccccc2)(c2ccccc2)c2cc(N(c4ccc([Si](C)(C)C)cc4)c4ccc5ccccc5c4)ccc2-3)c2ccc3ccccc3c2)cc1.Cc1ccc(N(c2ccc([Si](C)(C)C)cc2)c2cc3c(c4ccccc24)-c2ccc(N(c4ccc([Si](C)(C)C)cc4)c4cccc(C)c4)cc2C3(c2ccccc2)c2ccccc2)cc1. The van der Waals surface area contributed by atoms with Crippen molar-refractivity contribution in [1.29, 1.82) is 0 Å². The summed E-state index contributed by atoms with van der Waals surface area (Å²) in [7, 11) is -6.11. The van der Waals surface area contributed by atoms with E-state index in [1.54, 1.807) is 0 Å². The van der Waals surface area contributed by atoms with Gasteiger partial charge in [0.1, 0.15) is 0 Å². The summed E-state index contributed by atoms with van der Waals surface area (Å²) in [5.41, 5.74) is 30.0. The predicted octanol–water partition coefficient (Wildman–Crippen LogP) is 32.2. The van der Waals surface area contributed by atoms with Crippen LogP contribution in [0.3, 0.4) is 0 Å². The Morgan fingerprint density at radius 2 is 0.462 bits per heavy atom. The van der Waals surface area contributed by atoms with Crippen molar-refractivity contribution >= 4 is 154 Å². The van der Waals surface area contributed by atoms with Gasteiger partial charge in [-0.3, -0.25) is 0 Å². The molecule has 0 spiro atoms. The van der Waals surface area contributed by atoms with Gasteiger partial charge in [-0.15, -0.1) is 0 Å². The molecular weight excluding hydrogens is 1660 g/mol. The van der Waals surface area contributed by atoms with E-state index >= 15 is 0 Å². The zero-order valence-electron chi connectivity index (χ0n) is 78.4. The zero-order chi connectivity index (χ0) is 91.0. The molecule has 2 aliphatic rings. The van der Waals surface area contributed by atoms with Gasteiger partial charge in [-0.2, -0.15) is 0 Å². The summed E-state index contributed by atoms with van der Waals surface area (Å²) in [6, 6.07) is 165. The topological polar surface area (TPSA) is 13.0 Å². The third kappa shape index (κ3) is 15.8. The Morgan fingerprint density at radius 3 is 0.826 bits per heavy atom. The molecular formula is C124H114N4Si4. The lowest BCUT2D eigenvalue weighted by molar-refractivity contribution is 0.768. The fourth-order valence-electron chi connectivity index (χ4n) is 20.7. The molecule has 0 saturated heterocycles. The van der Waals surface area contributed by atoms with E-state index in [9.17, 15) is 0 Å². The lowest BCUT2D eigenvalue weighted by Crippen LogP contribution is -2.37. The van der Waals surface area contributed by atoms with Crippen LogP contribution in [-0.2, 0) is 10.8 Å². The molecule has 132 heavy (non-hydrogen) atoms. The Kier molecular flexibility index (Phi) is 22.4. The molecule has 0 amide bonds. The van der Waals surface area contributed by atoms with E-state index in [1.807, 2.05) is 0 Å². The molecule has 0 aromatic heterocycles. The minimum atomic E-state index is -1.54. The fraction of sp³-hybridized carbons (Fsp3) is 0.129. The van der Waals surface area contributed by atoms with Crippen molar-refractivity contribution in [2.24, 2.45) is 0 Å². The van der Waals surface area contributed by atoms with Gasteiger partial charge in [0.15, 0.2) is 0 Å². The number of aryl methyl sites for hydroxylation is 2. The van der Waals surface area contributed by atoms with Crippen LogP contribution in [0.15, 0.2) is 437 Å². The summed E-state index contributed by atoms with van der Waals surface area (Å²) in [5.74, 6) is 0. The van der Waals surface area contributed by atoms with Gasteiger partial charge in [0.2, 0.25) is 0 Å². The highest BCUT2D eigenvalue weighted by Gasteiger charge is 2.50. The van der Waals surface area contributed by atoms with Crippen LogP contribution in [0.4, 0.5) is 68.2 Å². The van der Waals surface area contributed by atoms with Gasteiger partial charge < -0.3 is 19.6 Å². The van der Waals surface area contributed by atoms with E-state index in [4.69, 9.17) is 0 Å². The monoisotopic (exact) mass is 1770 g/mol. The number of rotatable bonds is 20. The van der Waals surface area contributed by atoms with E-state index in [2.05, 4.69) is 549 Å². The number of nitrogens with zero attached hydrogens (tertiary/aromatic N) is 4. The van der Waals surface area contributed by atoms with Crippen LogP contribution in [0.1, 0.15) is 55.6 Å². The van der Waals surface area contributed by atoms with Gasteiger partial charge in [0.05, 0.1) is 48.8 Å². The highest BCUT2D eigenvalue weighted by molar-refractivity contribution is 6.90. The Bertz CT molecular complexity index is 7210. The molecule has 19 aromatic rings. The van der Waals surface area contributed by atoms with Crippen molar-refractivity contribution in [1.82, 2.24) is 0 Å². The van der Waals surface area contributed by atoms with Crippen LogP contribution in [0, 0.1) is 13.8 Å². The summed E-state index contributed by atoms with van der Waals surface area (Å²) in [4.78, 5) is 9.87. The number of hydrogen-bond acceptors (Lipinski definition) is 4. The van der Waals surface area contributed by atoms with E-state index in [0.29, 0.717) is 0 Å². The van der Waals surface area contributed by atoms with Crippen LogP contribution >= 0.6 is 0 Å². The summed E-state index contributed by atoms with van der Waals surface area (Å²) in [5, 5.41) is 13.2. The highest BCUT2D eigenvalue weighted by atomic mass is 28.3. The van der Waals surface area contributed by atoms with Crippen molar-refractivity contribution in [3.63, 3.8) is 0 Å². The largest absolute Gasteiger partial charge is 0.310 e. The van der Waals surface area contributed by atoms with Gasteiger partial charge in [-0.25, -0.2) is 0 Å². The highest BCUT2D eigenvalue weighted by Crippen LogP contribution is 2.63. The second-order valence-electron chi connectivity index (χ2n) is 40.3. The van der Waals surface area contributed by atoms with Gasteiger partial charge >= 0.3 is 0 Å². The van der Waals surface area contributed by atoms with E-state index < -0.39 is 43.1 Å². The summed E-state index contributed by atoms with van der Waals surface area (Å²) in [6.45, 7) is 33.4. The van der Waals surface area contributed by atoms with Gasteiger partial charge in [0, 0.05) is 67.9 Å². The molecule has 0 fully saturated rings. The van der Waals surface area contributed by atoms with Crippen LogP contribution < -0.4 is 40.3 Å². The smallest absolute Gasteiger partial charge is 0.0775 e. The molecule has 0 atom stereocenters. The minimum absolute atomic E-state index is 0.632. The number of hydrogen-bond donors (Lipinski definition) is 0. The van der Waals surface area contributed by atoms with E-state index in [0.717, 1.165) is 68.2 Å². The third-order valence-electron chi connectivity index (χ3n) is 27.6. The maximum Gasteiger partial charge on any atom is 0.0775 e. The number of anilines is 12. The normalized spacial score (nSPS) is 13.0.